The number of halogens is 1. The molecule has 0 aliphatic heterocycles. The summed E-state index contributed by atoms with van der Waals surface area (Å²) in [5.41, 5.74) is -1.87. The molecule has 0 radical (unpaired) electrons. The number of aromatic nitrogens is 1. The van der Waals surface area contributed by atoms with Gasteiger partial charge in [0.1, 0.15) is 0 Å². The predicted octanol–water partition coefficient (Wildman–Crippen LogP) is 9.94. The monoisotopic (exact) mass is 529 g/mol. The summed E-state index contributed by atoms with van der Waals surface area (Å²) in [5, 5.41) is 0. The highest BCUT2D eigenvalue weighted by Crippen LogP contribution is 2.17. The second-order valence-corrected chi connectivity index (χ2v) is 11.6. The van der Waals surface area contributed by atoms with Crippen LogP contribution < -0.4 is 0 Å². The van der Waals surface area contributed by atoms with Gasteiger partial charge in [0.2, 0.25) is 5.50 Å². The Morgan fingerprint density at radius 2 is 1.00 bits per heavy atom. The third kappa shape index (κ3) is 24.7. The number of pyridine rings is 1. The molecular formula is C30H56FNO3S. The SMILES string of the molecule is CCCCCCCCCCCCCOS(=O)(=O)C(F)CCCCCCCCCCC.c1ccncc1. The zero-order valence-electron chi connectivity index (χ0n) is 23.5. The predicted molar refractivity (Wildman–Crippen MR) is 152 cm³/mol. The summed E-state index contributed by atoms with van der Waals surface area (Å²) in [6.07, 6.45) is 26.9. The Labute approximate surface area is 223 Å². The van der Waals surface area contributed by atoms with Gasteiger partial charge in [-0.3, -0.25) is 9.17 Å². The average Bonchev–Trinajstić information content (AvgIpc) is 2.89. The van der Waals surface area contributed by atoms with Crippen molar-refractivity contribution in [3.8, 4) is 0 Å². The molecule has 0 saturated heterocycles. The molecule has 0 saturated carbocycles. The van der Waals surface area contributed by atoms with Crippen LogP contribution in [-0.4, -0.2) is 25.5 Å². The maximum Gasteiger partial charge on any atom is 0.299 e. The molecule has 1 atom stereocenters. The van der Waals surface area contributed by atoms with Gasteiger partial charge in [-0.1, -0.05) is 135 Å². The molecule has 1 aromatic heterocycles. The zero-order chi connectivity index (χ0) is 26.6. The molecule has 0 amide bonds. The lowest BCUT2D eigenvalue weighted by Crippen LogP contribution is -2.19. The molecule has 0 aromatic carbocycles. The molecular weight excluding hydrogens is 473 g/mol. The number of nitrogens with zero attached hydrogens (tertiary/aromatic N) is 1. The van der Waals surface area contributed by atoms with E-state index in [1.165, 1.54) is 89.9 Å². The summed E-state index contributed by atoms with van der Waals surface area (Å²) >= 11 is 0. The average molecular weight is 530 g/mol. The number of alkyl halides is 1. The van der Waals surface area contributed by atoms with Gasteiger partial charge in [-0.25, -0.2) is 4.39 Å². The first-order valence-electron chi connectivity index (χ1n) is 14.9. The summed E-state index contributed by atoms with van der Waals surface area (Å²) in [6.45, 7) is 4.57. The Kier molecular flexibility index (Phi) is 26.3. The summed E-state index contributed by atoms with van der Waals surface area (Å²) in [6, 6.07) is 5.72. The minimum atomic E-state index is -4.05. The van der Waals surface area contributed by atoms with Crippen molar-refractivity contribution in [1.29, 1.82) is 0 Å². The first kappa shape index (κ1) is 35.0. The lowest BCUT2D eigenvalue weighted by molar-refractivity contribution is 0.270. The van der Waals surface area contributed by atoms with Crippen LogP contribution in [0, 0.1) is 0 Å². The van der Waals surface area contributed by atoms with E-state index in [-0.39, 0.29) is 13.0 Å². The molecule has 0 N–H and O–H groups in total. The standard InChI is InChI=1S/C25H51FO3S.C5H5N/c1-3-5-7-9-11-13-14-16-18-20-22-24-29-30(27,28)25(26)23-21-19-17-15-12-10-8-6-4-2;1-2-4-6-5-3-1/h25H,3-24H2,1-2H3;1-5H. The minimum absolute atomic E-state index is 0.0659. The van der Waals surface area contributed by atoms with Crippen molar-refractivity contribution >= 4 is 10.1 Å². The molecule has 4 nitrogen and oxygen atoms in total. The largest absolute Gasteiger partial charge is 0.299 e. The van der Waals surface area contributed by atoms with Crippen LogP contribution in [-0.2, 0) is 14.3 Å². The highest BCUT2D eigenvalue weighted by Gasteiger charge is 2.25. The fourth-order valence-corrected chi connectivity index (χ4v) is 5.04. The molecule has 1 unspecified atom stereocenters. The first-order valence-corrected chi connectivity index (χ1v) is 16.4. The van der Waals surface area contributed by atoms with Crippen molar-refractivity contribution in [3.63, 3.8) is 0 Å². The Morgan fingerprint density at radius 3 is 1.36 bits per heavy atom. The molecule has 212 valence electrons. The molecule has 0 aliphatic carbocycles. The third-order valence-electron chi connectivity index (χ3n) is 6.41. The Bertz CT molecular complexity index is 616. The second kappa shape index (κ2) is 27.0. The normalized spacial score (nSPS) is 12.2. The highest BCUT2D eigenvalue weighted by atomic mass is 32.2. The Hall–Kier alpha value is -1.01. The van der Waals surface area contributed by atoms with Gasteiger partial charge in [0, 0.05) is 12.4 Å². The Morgan fingerprint density at radius 1 is 0.611 bits per heavy atom. The van der Waals surface area contributed by atoms with E-state index in [1.54, 1.807) is 12.4 Å². The van der Waals surface area contributed by atoms with E-state index in [9.17, 15) is 12.8 Å². The molecule has 0 aliphatic rings. The number of rotatable bonds is 24. The van der Waals surface area contributed by atoms with Crippen LogP contribution >= 0.6 is 0 Å². The number of hydrogen-bond acceptors (Lipinski definition) is 4. The van der Waals surface area contributed by atoms with Gasteiger partial charge in [0.15, 0.2) is 0 Å². The smallest absolute Gasteiger partial charge is 0.268 e. The van der Waals surface area contributed by atoms with E-state index < -0.39 is 15.6 Å². The van der Waals surface area contributed by atoms with Crippen LogP contribution in [0.15, 0.2) is 30.6 Å². The number of unbranched alkanes of at least 4 members (excludes halogenated alkanes) is 18. The minimum Gasteiger partial charge on any atom is -0.268 e. The highest BCUT2D eigenvalue weighted by molar-refractivity contribution is 7.87. The molecule has 36 heavy (non-hydrogen) atoms. The van der Waals surface area contributed by atoms with Crippen LogP contribution in [0.4, 0.5) is 4.39 Å². The second-order valence-electron chi connectivity index (χ2n) is 9.90. The molecule has 1 aromatic rings. The molecule has 0 bridgehead atoms. The van der Waals surface area contributed by atoms with Crippen LogP contribution in [0.3, 0.4) is 0 Å². The van der Waals surface area contributed by atoms with Gasteiger partial charge in [0.05, 0.1) is 6.61 Å². The van der Waals surface area contributed by atoms with Crippen molar-refractivity contribution in [2.24, 2.45) is 0 Å². The van der Waals surface area contributed by atoms with E-state index in [1.807, 2.05) is 18.2 Å². The molecule has 0 fully saturated rings. The zero-order valence-corrected chi connectivity index (χ0v) is 24.3. The summed E-state index contributed by atoms with van der Waals surface area (Å²) in [4.78, 5) is 3.78. The number of hydrogen-bond donors (Lipinski definition) is 0. The lowest BCUT2D eigenvalue weighted by atomic mass is 10.1. The van der Waals surface area contributed by atoms with Crippen LogP contribution in [0.25, 0.3) is 0 Å². The lowest BCUT2D eigenvalue weighted by Gasteiger charge is -2.10. The summed E-state index contributed by atoms with van der Waals surface area (Å²) in [7, 11) is -4.05. The van der Waals surface area contributed by atoms with Gasteiger partial charge in [0.25, 0.3) is 10.1 Å². The van der Waals surface area contributed by atoms with Crippen molar-refractivity contribution in [1.82, 2.24) is 4.98 Å². The van der Waals surface area contributed by atoms with Gasteiger partial charge in [-0.15, -0.1) is 0 Å². The third-order valence-corrected chi connectivity index (χ3v) is 7.77. The molecule has 1 rings (SSSR count). The summed E-state index contributed by atoms with van der Waals surface area (Å²) in [5.74, 6) is 0. The maximum atomic E-state index is 14.0. The quantitative estimate of drug-likeness (QED) is 0.0987. The topological polar surface area (TPSA) is 56.3 Å². The van der Waals surface area contributed by atoms with Gasteiger partial charge < -0.3 is 0 Å². The van der Waals surface area contributed by atoms with E-state index in [0.717, 1.165) is 25.7 Å². The van der Waals surface area contributed by atoms with Crippen LogP contribution in [0.5, 0.6) is 0 Å². The van der Waals surface area contributed by atoms with E-state index >= 15 is 0 Å². The van der Waals surface area contributed by atoms with Crippen molar-refractivity contribution in [2.45, 2.75) is 154 Å². The summed E-state index contributed by atoms with van der Waals surface area (Å²) < 4.78 is 42.7. The van der Waals surface area contributed by atoms with Crippen LogP contribution in [0.2, 0.25) is 0 Å². The van der Waals surface area contributed by atoms with E-state index in [4.69, 9.17) is 4.18 Å². The van der Waals surface area contributed by atoms with Gasteiger partial charge in [-0.05, 0) is 31.4 Å². The van der Waals surface area contributed by atoms with Crippen molar-refractivity contribution in [3.05, 3.63) is 30.6 Å². The Balaban J connectivity index is 0.00000176. The fourth-order valence-electron chi connectivity index (χ4n) is 4.09. The molecule has 6 heteroatoms. The van der Waals surface area contributed by atoms with E-state index in [0.29, 0.717) is 12.8 Å². The van der Waals surface area contributed by atoms with Gasteiger partial charge in [-0.2, -0.15) is 8.42 Å². The van der Waals surface area contributed by atoms with Crippen LogP contribution in [0.1, 0.15) is 149 Å². The molecule has 1 heterocycles. The molecule has 0 spiro atoms. The van der Waals surface area contributed by atoms with E-state index in [2.05, 4.69) is 18.8 Å². The van der Waals surface area contributed by atoms with Crippen molar-refractivity contribution in [2.75, 3.05) is 6.61 Å². The maximum absolute atomic E-state index is 14.0. The van der Waals surface area contributed by atoms with Gasteiger partial charge >= 0.3 is 0 Å². The first-order chi connectivity index (χ1) is 17.5. The van der Waals surface area contributed by atoms with Crippen molar-refractivity contribution < 1.29 is 17.0 Å². The fraction of sp³-hybridized carbons (Fsp3) is 0.833.